The molecule has 1 aromatic heterocycles. The molecule has 0 aliphatic rings. The summed E-state index contributed by atoms with van der Waals surface area (Å²) in [6.07, 6.45) is 0. The number of aromatic nitrogens is 2. The van der Waals surface area contributed by atoms with Gasteiger partial charge >= 0.3 is 6.01 Å². The molecule has 0 radical (unpaired) electrons. The summed E-state index contributed by atoms with van der Waals surface area (Å²) >= 11 is 0. The first kappa shape index (κ1) is 21.3. The lowest BCUT2D eigenvalue weighted by molar-refractivity contribution is 0.102. The molecule has 3 rings (SSSR count). The summed E-state index contributed by atoms with van der Waals surface area (Å²) in [5.74, 6) is 0.282. The van der Waals surface area contributed by atoms with Crippen molar-refractivity contribution >= 4 is 21.9 Å². The van der Waals surface area contributed by atoms with E-state index in [1.807, 2.05) is 0 Å². The third-order valence-electron chi connectivity index (χ3n) is 4.17. The van der Waals surface area contributed by atoms with Gasteiger partial charge < -0.3 is 13.9 Å². The number of sulfonamides is 1. The van der Waals surface area contributed by atoms with Crippen molar-refractivity contribution in [3.63, 3.8) is 0 Å². The summed E-state index contributed by atoms with van der Waals surface area (Å²) in [4.78, 5) is 12.7. The molecule has 0 saturated heterocycles. The fraction of sp³-hybridized carbons (Fsp3) is 0.211. The van der Waals surface area contributed by atoms with Gasteiger partial charge in [0.05, 0.1) is 24.7 Å². The molecular weight excluding hydrogens is 412 g/mol. The molecule has 1 heterocycles. The van der Waals surface area contributed by atoms with Crippen molar-refractivity contribution < 1.29 is 27.1 Å². The van der Waals surface area contributed by atoms with Crippen molar-refractivity contribution in [2.75, 3.05) is 33.6 Å². The Morgan fingerprint density at radius 3 is 2.33 bits per heavy atom. The first-order valence-corrected chi connectivity index (χ1v) is 10.1. The lowest BCUT2D eigenvalue weighted by atomic mass is 10.1. The second-order valence-electron chi connectivity index (χ2n) is 6.22. The lowest BCUT2D eigenvalue weighted by Crippen LogP contribution is -2.22. The van der Waals surface area contributed by atoms with E-state index in [-0.39, 0.29) is 28.1 Å². The highest BCUT2D eigenvalue weighted by molar-refractivity contribution is 7.89. The molecule has 0 unspecified atom stereocenters. The minimum absolute atomic E-state index is 0.120. The molecule has 11 heteroatoms. The molecule has 0 aliphatic heterocycles. The van der Waals surface area contributed by atoms with Gasteiger partial charge in [0, 0.05) is 19.7 Å². The van der Waals surface area contributed by atoms with Crippen LogP contribution in [0.25, 0.3) is 11.5 Å². The van der Waals surface area contributed by atoms with Crippen LogP contribution in [0, 0.1) is 0 Å². The number of methoxy groups -OCH3 is 2. The smallest absolute Gasteiger partial charge is 0.322 e. The van der Waals surface area contributed by atoms with Crippen molar-refractivity contribution in [3.8, 4) is 23.0 Å². The number of carbonyl (C=O) groups excluding carboxylic acids is 1. The average molecular weight is 432 g/mol. The highest BCUT2D eigenvalue weighted by Crippen LogP contribution is 2.31. The van der Waals surface area contributed by atoms with Gasteiger partial charge in [-0.1, -0.05) is 11.2 Å². The van der Waals surface area contributed by atoms with Crippen LogP contribution in [-0.4, -0.2) is 57.1 Å². The molecule has 0 bridgehead atoms. The van der Waals surface area contributed by atoms with Crippen molar-refractivity contribution in [1.82, 2.24) is 14.5 Å². The van der Waals surface area contributed by atoms with Crippen molar-refractivity contribution in [3.05, 3.63) is 48.0 Å². The predicted octanol–water partition coefficient (Wildman–Crippen LogP) is 2.26. The lowest BCUT2D eigenvalue weighted by Gasteiger charge is -2.11. The van der Waals surface area contributed by atoms with Crippen LogP contribution in [-0.2, 0) is 10.0 Å². The van der Waals surface area contributed by atoms with Gasteiger partial charge in [0.1, 0.15) is 0 Å². The van der Waals surface area contributed by atoms with E-state index in [9.17, 15) is 13.2 Å². The molecule has 0 saturated carbocycles. The highest BCUT2D eigenvalue weighted by atomic mass is 32.2. The zero-order chi connectivity index (χ0) is 21.9. The molecule has 0 aliphatic carbocycles. The van der Waals surface area contributed by atoms with E-state index >= 15 is 0 Å². The zero-order valence-corrected chi connectivity index (χ0v) is 17.6. The molecule has 0 spiro atoms. The molecule has 3 aromatic rings. The van der Waals surface area contributed by atoms with Crippen LogP contribution in [0.5, 0.6) is 11.5 Å². The largest absolute Gasteiger partial charge is 0.493 e. The normalized spacial score (nSPS) is 11.4. The van der Waals surface area contributed by atoms with E-state index in [1.165, 1.54) is 40.4 Å². The Labute approximate surface area is 173 Å². The number of benzene rings is 2. The fourth-order valence-electron chi connectivity index (χ4n) is 2.60. The first-order chi connectivity index (χ1) is 14.3. The van der Waals surface area contributed by atoms with E-state index in [0.29, 0.717) is 11.3 Å². The summed E-state index contributed by atoms with van der Waals surface area (Å²) in [5, 5.41) is 10.2. The first-order valence-electron chi connectivity index (χ1n) is 8.66. The van der Waals surface area contributed by atoms with Crippen LogP contribution in [0.4, 0.5) is 6.01 Å². The summed E-state index contributed by atoms with van der Waals surface area (Å²) in [5.41, 5.74) is 0.731. The maximum atomic E-state index is 12.6. The van der Waals surface area contributed by atoms with Gasteiger partial charge in [-0.25, -0.2) is 12.7 Å². The second kappa shape index (κ2) is 8.51. The number of ether oxygens (including phenoxy) is 2. The van der Waals surface area contributed by atoms with Gasteiger partial charge in [-0.05, 0) is 36.4 Å². The highest BCUT2D eigenvalue weighted by Gasteiger charge is 2.20. The van der Waals surface area contributed by atoms with Gasteiger partial charge in [-0.3, -0.25) is 10.1 Å². The number of anilines is 1. The second-order valence-corrected chi connectivity index (χ2v) is 8.37. The van der Waals surface area contributed by atoms with Crippen LogP contribution in [0.3, 0.4) is 0 Å². The quantitative estimate of drug-likeness (QED) is 0.603. The topological polar surface area (TPSA) is 124 Å². The van der Waals surface area contributed by atoms with Crippen LogP contribution < -0.4 is 14.8 Å². The van der Waals surface area contributed by atoms with Crippen molar-refractivity contribution in [2.24, 2.45) is 0 Å². The Bertz CT molecular complexity index is 1160. The number of nitrogens with one attached hydrogen (secondary N) is 1. The number of hydrogen-bond acceptors (Lipinski definition) is 8. The standard InChI is InChI=1S/C19H20N4O6S/c1-23(2)30(25,26)13-10-8-12(9-11-13)18-21-22-19(29-18)20-17(24)14-6-5-7-15(27-3)16(14)28-4/h5-11H,1-4H3,(H,20,22,24). The third kappa shape index (κ3) is 4.11. The number of carbonyl (C=O) groups is 1. The van der Waals surface area contributed by atoms with Gasteiger partial charge in [-0.2, -0.15) is 0 Å². The summed E-state index contributed by atoms with van der Waals surface area (Å²) in [6.45, 7) is 0. The Hall–Kier alpha value is -3.44. The molecule has 1 N–H and O–H groups in total. The maximum absolute atomic E-state index is 12.6. The van der Waals surface area contributed by atoms with Crippen LogP contribution >= 0.6 is 0 Å². The maximum Gasteiger partial charge on any atom is 0.322 e. The van der Waals surface area contributed by atoms with Crippen molar-refractivity contribution in [2.45, 2.75) is 4.90 Å². The molecule has 0 fully saturated rings. The summed E-state index contributed by atoms with van der Waals surface area (Å²) in [7, 11) is 2.26. The average Bonchev–Trinajstić information content (AvgIpc) is 3.21. The molecule has 10 nitrogen and oxygen atoms in total. The fourth-order valence-corrected chi connectivity index (χ4v) is 3.50. The van der Waals surface area contributed by atoms with Gasteiger partial charge in [0.2, 0.25) is 15.9 Å². The number of rotatable bonds is 7. The Morgan fingerprint density at radius 2 is 1.73 bits per heavy atom. The molecule has 30 heavy (non-hydrogen) atoms. The van der Waals surface area contributed by atoms with E-state index < -0.39 is 15.9 Å². The van der Waals surface area contributed by atoms with Crippen LogP contribution in [0.15, 0.2) is 51.8 Å². The third-order valence-corrected chi connectivity index (χ3v) is 6.00. The Balaban J connectivity index is 1.80. The molecule has 0 atom stereocenters. The molecule has 1 amide bonds. The molecule has 158 valence electrons. The minimum Gasteiger partial charge on any atom is -0.493 e. The van der Waals surface area contributed by atoms with Gasteiger partial charge in [-0.15, -0.1) is 5.10 Å². The number of amides is 1. The Morgan fingerprint density at radius 1 is 1.03 bits per heavy atom. The zero-order valence-electron chi connectivity index (χ0n) is 16.7. The van der Waals surface area contributed by atoms with Crippen molar-refractivity contribution in [1.29, 1.82) is 0 Å². The predicted molar refractivity (Wildman–Crippen MR) is 108 cm³/mol. The van der Waals surface area contributed by atoms with Gasteiger partial charge in [0.25, 0.3) is 5.91 Å². The van der Waals surface area contributed by atoms with E-state index in [4.69, 9.17) is 13.9 Å². The van der Waals surface area contributed by atoms with E-state index in [2.05, 4.69) is 15.5 Å². The van der Waals surface area contributed by atoms with E-state index in [1.54, 1.807) is 30.3 Å². The van der Waals surface area contributed by atoms with E-state index in [0.717, 1.165) is 4.31 Å². The minimum atomic E-state index is -3.54. The number of nitrogens with zero attached hydrogens (tertiary/aromatic N) is 3. The monoisotopic (exact) mass is 432 g/mol. The SMILES string of the molecule is COc1cccc(C(=O)Nc2nnc(-c3ccc(S(=O)(=O)N(C)C)cc3)o2)c1OC. The Kier molecular flexibility index (Phi) is 6.04. The summed E-state index contributed by atoms with van der Waals surface area (Å²) in [6, 6.07) is 10.7. The van der Waals surface area contributed by atoms with Crippen LogP contribution in [0.2, 0.25) is 0 Å². The summed E-state index contributed by atoms with van der Waals surface area (Å²) < 4.78 is 41.3. The molecular formula is C19H20N4O6S. The van der Waals surface area contributed by atoms with Gasteiger partial charge in [0.15, 0.2) is 11.5 Å². The van der Waals surface area contributed by atoms with Crippen LogP contribution in [0.1, 0.15) is 10.4 Å². The number of hydrogen-bond donors (Lipinski definition) is 1. The number of para-hydroxylation sites is 1. The molecule has 2 aromatic carbocycles.